The molecule has 1 aromatic heterocycles. The molecule has 1 aromatic rings. The van der Waals surface area contributed by atoms with Crippen molar-refractivity contribution in [1.82, 2.24) is 4.98 Å². The molecule has 14 heavy (non-hydrogen) atoms. The van der Waals surface area contributed by atoms with E-state index in [0.717, 1.165) is 12.1 Å². The second-order valence-electron chi connectivity index (χ2n) is 2.67. The highest BCUT2D eigenvalue weighted by molar-refractivity contribution is 7.13. The number of hydrogen-bond acceptors (Lipinski definition) is 4. The second-order valence-corrected chi connectivity index (χ2v) is 3.54. The Morgan fingerprint density at radius 2 is 2.29 bits per heavy atom. The van der Waals surface area contributed by atoms with E-state index in [1.165, 1.54) is 11.3 Å². The van der Waals surface area contributed by atoms with Crippen molar-refractivity contribution in [3.63, 3.8) is 0 Å². The molecule has 70 valence electrons. The summed E-state index contributed by atoms with van der Waals surface area (Å²) in [5.74, 6) is 0. The summed E-state index contributed by atoms with van der Waals surface area (Å²) < 4.78 is 0. The van der Waals surface area contributed by atoms with Gasteiger partial charge in [0.25, 0.3) is 0 Å². The number of rotatable bonds is 2. The number of thiazole rings is 1. The van der Waals surface area contributed by atoms with Crippen LogP contribution in [0.1, 0.15) is 6.42 Å². The SMILES string of the molecule is C1=CCC=C(N=Nc2nccs2)C=C1. The topological polar surface area (TPSA) is 37.6 Å². The average molecular weight is 203 g/mol. The molecule has 0 saturated heterocycles. The third-order valence-electron chi connectivity index (χ3n) is 1.65. The minimum Gasteiger partial charge on any atom is -0.226 e. The van der Waals surface area contributed by atoms with Gasteiger partial charge in [-0.05, 0) is 12.5 Å². The van der Waals surface area contributed by atoms with Crippen LogP contribution in [0.5, 0.6) is 0 Å². The Balaban J connectivity index is 2.07. The maximum Gasteiger partial charge on any atom is 0.229 e. The highest BCUT2D eigenvalue weighted by Crippen LogP contribution is 2.17. The summed E-state index contributed by atoms with van der Waals surface area (Å²) in [5.41, 5.74) is 0.880. The summed E-state index contributed by atoms with van der Waals surface area (Å²) in [6.07, 6.45) is 12.6. The highest BCUT2D eigenvalue weighted by atomic mass is 32.1. The first-order valence-electron chi connectivity index (χ1n) is 4.30. The van der Waals surface area contributed by atoms with Gasteiger partial charge in [0.05, 0.1) is 5.70 Å². The van der Waals surface area contributed by atoms with E-state index in [1.807, 2.05) is 29.7 Å². The Kier molecular flexibility index (Phi) is 2.98. The minimum atomic E-state index is 0.691. The van der Waals surface area contributed by atoms with Crippen molar-refractivity contribution in [3.05, 3.63) is 47.7 Å². The summed E-state index contributed by atoms with van der Waals surface area (Å²) in [4.78, 5) is 4.02. The standard InChI is InChI=1S/C10H9N3S/c1-2-4-6-9(5-3-1)12-13-10-11-7-8-14-10/h1-3,5-8H,4H2. The van der Waals surface area contributed by atoms with E-state index in [9.17, 15) is 0 Å². The third-order valence-corrected chi connectivity index (χ3v) is 2.30. The van der Waals surface area contributed by atoms with Gasteiger partial charge < -0.3 is 0 Å². The van der Waals surface area contributed by atoms with Crippen LogP contribution in [0.25, 0.3) is 0 Å². The fraction of sp³-hybridized carbons (Fsp3) is 0.100. The molecule has 4 heteroatoms. The lowest BCUT2D eigenvalue weighted by molar-refractivity contribution is 1.13. The van der Waals surface area contributed by atoms with E-state index in [0.29, 0.717) is 5.13 Å². The molecule has 1 aliphatic rings. The summed E-state index contributed by atoms with van der Waals surface area (Å²) in [6, 6.07) is 0. The van der Waals surface area contributed by atoms with Gasteiger partial charge in [-0.25, -0.2) is 4.98 Å². The Morgan fingerprint density at radius 1 is 1.29 bits per heavy atom. The molecule has 0 atom stereocenters. The normalized spacial score (nSPS) is 15.9. The fourth-order valence-electron chi connectivity index (χ4n) is 1.01. The summed E-state index contributed by atoms with van der Waals surface area (Å²) >= 11 is 1.48. The molecule has 1 aliphatic carbocycles. The molecule has 0 fully saturated rings. The van der Waals surface area contributed by atoms with Gasteiger partial charge in [-0.3, -0.25) is 0 Å². The molecule has 2 rings (SSSR count). The highest BCUT2D eigenvalue weighted by Gasteiger charge is 1.92. The van der Waals surface area contributed by atoms with Crippen molar-refractivity contribution in [1.29, 1.82) is 0 Å². The summed E-state index contributed by atoms with van der Waals surface area (Å²) in [6.45, 7) is 0. The van der Waals surface area contributed by atoms with Crippen LogP contribution in [0, 0.1) is 0 Å². The molecular weight excluding hydrogens is 194 g/mol. The maximum atomic E-state index is 4.09. The zero-order valence-electron chi connectivity index (χ0n) is 7.50. The van der Waals surface area contributed by atoms with Crippen LogP contribution in [0.15, 0.2) is 57.9 Å². The number of aromatic nitrogens is 1. The first-order valence-corrected chi connectivity index (χ1v) is 5.18. The van der Waals surface area contributed by atoms with E-state index in [4.69, 9.17) is 0 Å². The first kappa shape index (κ1) is 9.02. The van der Waals surface area contributed by atoms with Crippen molar-refractivity contribution in [3.8, 4) is 0 Å². The Bertz CT molecular complexity index is 399. The number of allylic oxidation sites excluding steroid dienone is 5. The van der Waals surface area contributed by atoms with Crippen LogP contribution < -0.4 is 0 Å². The van der Waals surface area contributed by atoms with Crippen molar-refractivity contribution < 1.29 is 0 Å². The van der Waals surface area contributed by atoms with Gasteiger partial charge in [-0.2, -0.15) is 0 Å². The van der Waals surface area contributed by atoms with E-state index in [2.05, 4.69) is 21.3 Å². The van der Waals surface area contributed by atoms with Gasteiger partial charge in [0, 0.05) is 11.6 Å². The molecule has 0 unspecified atom stereocenters. The Hall–Kier alpha value is -1.55. The fourth-order valence-corrected chi connectivity index (χ4v) is 1.46. The van der Waals surface area contributed by atoms with Crippen LogP contribution in [0.4, 0.5) is 5.13 Å². The lowest BCUT2D eigenvalue weighted by Crippen LogP contribution is -1.68. The largest absolute Gasteiger partial charge is 0.229 e. The van der Waals surface area contributed by atoms with Gasteiger partial charge in [-0.15, -0.1) is 21.6 Å². The van der Waals surface area contributed by atoms with Gasteiger partial charge in [0.1, 0.15) is 0 Å². The van der Waals surface area contributed by atoms with E-state index < -0.39 is 0 Å². The zero-order chi connectivity index (χ0) is 9.64. The summed E-state index contributed by atoms with van der Waals surface area (Å²) in [7, 11) is 0. The van der Waals surface area contributed by atoms with Crippen LogP contribution in [-0.2, 0) is 0 Å². The predicted octanol–water partition coefficient (Wildman–Crippen LogP) is 3.63. The molecule has 1 heterocycles. The zero-order valence-corrected chi connectivity index (χ0v) is 8.31. The van der Waals surface area contributed by atoms with Crippen LogP contribution in [-0.4, -0.2) is 4.98 Å². The van der Waals surface area contributed by atoms with Gasteiger partial charge in [0.2, 0.25) is 5.13 Å². The van der Waals surface area contributed by atoms with Gasteiger partial charge in [-0.1, -0.05) is 24.3 Å². The number of azo groups is 1. The molecular formula is C10H9N3S. The van der Waals surface area contributed by atoms with Crippen molar-refractivity contribution in [2.45, 2.75) is 6.42 Å². The first-order chi connectivity index (χ1) is 6.95. The quantitative estimate of drug-likeness (QED) is 0.676. The smallest absolute Gasteiger partial charge is 0.226 e. The molecule has 0 aromatic carbocycles. The predicted molar refractivity (Wildman–Crippen MR) is 57.6 cm³/mol. The number of hydrogen-bond donors (Lipinski definition) is 0. The summed E-state index contributed by atoms with van der Waals surface area (Å²) in [5, 5.41) is 10.7. The molecule has 0 spiro atoms. The molecule has 0 N–H and O–H groups in total. The third kappa shape index (κ3) is 2.47. The lowest BCUT2D eigenvalue weighted by Gasteiger charge is -1.88. The number of nitrogens with zero attached hydrogens (tertiary/aromatic N) is 3. The van der Waals surface area contributed by atoms with E-state index >= 15 is 0 Å². The van der Waals surface area contributed by atoms with E-state index in [1.54, 1.807) is 6.20 Å². The molecule has 0 saturated carbocycles. The van der Waals surface area contributed by atoms with Crippen LogP contribution in [0.3, 0.4) is 0 Å². The average Bonchev–Trinajstić information content (AvgIpc) is 2.58. The minimum absolute atomic E-state index is 0.691. The molecule has 0 radical (unpaired) electrons. The van der Waals surface area contributed by atoms with Crippen LogP contribution >= 0.6 is 11.3 Å². The van der Waals surface area contributed by atoms with E-state index in [-0.39, 0.29) is 0 Å². The molecule has 3 nitrogen and oxygen atoms in total. The van der Waals surface area contributed by atoms with Crippen molar-refractivity contribution in [2.24, 2.45) is 10.2 Å². The van der Waals surface area contributed by atoms with Gasteiger partial charge in [0.15, 0.2) is 0 Å². The van der Waals surface area contributed by atoms with Crippen LogP contribution in [0.2, 0.25) is 0 Å². The van der Waals surface area contributed by atoms with Crippen molar-refractivity contribution in [2.75, 3.05) is 0 Å². The Labute approximate surface area is 86.2 Å². The monoisotopic (exact) mass is 203 g/mol. The molecule has 0 aliphatic heterocycles. The second kappa shape index (κ2) is 4.62. The van der Waals surface area contributed by atoms with Crippen molar-refractivity contribution >= 4 is 16.5 Å². The Morgan fingerprint density at radius 3 is 3.14 bits per heavy atom. The van der Waals surface area contributed by atoms with Gasteiger partial charge >= 0.3 is 0 Å². The lowest BCUT2D eigenvalue weighted by atomic mass is 10.3. The molecule has 0 bridgehead atoms. The maximum absolute atomic E-state index is 4.09. The molecule has 0 amide bonds.